The monoisotopic (exact) mass is 630 g/mol. The standard InChI is InChI=1S/C46H23BN2O/c1-2-12-26-25(11-1)29-15-7-10-24-22-34-45-42(39(24)29)40-30(26)16-9-20-36(40)48(45)37-23-33-28-14-4-6-21-38(28)50-46(33)41-32-18-8-17-31-27-13-3-5-19-35(27)49(44(31)32)47(34)43(37)41/h1-23H. The van der Waals surface area contributed by atoms with Crippen LogP contribution < -0.4 is 10.9 Å². The fourth-order valence-electron chi connectivity index (χ4n) is 10.5. The molecule has 14 rings (SSSR count). The summed E-state index contributed by atoms with van der Waals surface area (Å²) in [6.45, 7) is -0.0335. The predicted octanol–water partition coefficient (Wildman–Crippen LogP) is 10.5. The summed E-state index contributed by atoms with van der Waals surface area (Å²) in [6.07, 6.45) is 0. The number of hydrogen-bond donors (Lipinski definition) is 0. The summed E-state index contributed by atoms with van der Waals surface area (Å²) in [5.74, 6) is 0. The number of para-hydroxylation sites is 3. The van der Waals surface area contributed by atoms with Crippen molar-refractivity contribution in [1.82, 2.24) is 9.05 Å². The van der Waals surface area contributed by atoms with Gasteiger partial charge >= 0.3 is 6.85 Å². The van der Waals surface area contributed by atoms with Crippen molar-refractivity contribution in [3.05, 3.63) is 140 Å². The predicted molar refractivity (Wildman–Crippen MR) is 209 cm³/mol. The maximum absolute atomic E-state index is 6.91. The lowest BCUT2D eigenvalue weighted by Gasteiger charge is -2.34. The summed E-state index contributed by atoms with van der Waals surface area (Å²) in [7, 11) is 0. The fraction of sp³-hybridized carbons (Fsp3) is 0. The molecule has 0 saturated carbocycles. The van der Waals surface area contributed by atoms with Crippen LogP contribution in [0.3, 0.4) is 0 Å². The molecule has 0 amide bonds. The number of nitrogens with zero attached hydrogens (tertiary/aromatic N) is 2. The van der Waals surface area contributed by atoms with Crippen LogP contribution >= 0.6 is 0 Å². The maximum Gasteiger partial charge on any atom is 0.333 e. The molecule has 1 aliphatic carbocycles. The second-order valence-electron chi connectivity index (χ2n) is 14.3. The third-order valence-corrected chi connectivity index (χ3v) is 12.2. The Balaban J connectivity index is 1.32. The quantitative estimate of drug-likeness (QED) is 0.153. The van der Waals surface area contributed by atoms with Gasteiger partial charge in [-0.15, -0.1) is 0 Å². The minimum absolute atomic E-state index is 0.0335. The molecule has 0 radical (unpaired) electrons. The van der Waals surface area contributed by atoms with Crippen LogP contribution in [-0.4, -0.2) is 15.9 Å². The molecule has 0 fully saturated rings. The topological polar surface area (TPSA) is 23.0 Å². The van der Waals surface area contributed by atoms with Gasteiger partial charge in [-0.2, -0.15) is 0 Å². The maximum atomic E-state index is 6.91. The van der Waals surface area contributed by atoms with Crippen LogP contribution in [0.2, 0.25) is 0 Å². The van der Waals surface area contributed by atoms with Crippen LogP contribution in [0.15, 0.2) is 144 Å². The number of fused-ring (bicyclic) bond motifs is 15. The average molecular weight is 631 g/mol. The van der Waals surface area contributed by atoms with Gasteiger partial charge in [0.25, 0.3) is 0 Å². The van der Waals surface area contributed by atoms with E-state index in [1.165, 1.54) is 110 Å². The molecular weight excluding hydrogens is 607 g/mol. The van der Waals surface area contributed by atoms with Gasteiger partial charge in [0.05, 0.1) is 11.0 Å². The highest BCUT2D eigenvalue weighted by molar-refractivity contribution is 6.90. The first-order valence-corrected chi connectivity index (χ1v) is 17.5. The van der Waals surface area contributed by atoms with Crippen molar-refractivity contribution in [1.29, 1.82) is 0 Å². The third kappa shape index (κ3) is 2.51. The molecule has 11 aromatic rings. The molecule has 3 aliphatic rings. The van der Waals surface area contributed by atoms with Crippen molar-refractivity contribution < 1.29 is 4.42 Å². The van der Waals surface area contributed by atoms with E-state index in [1.54, 1.807) is 0 Å². The lowest BCUT2D eigenvalue weighted by atomic mass is 9.45. The van der Waals surface area contributed by atoms with Gasteiger partial charge in [-0.1, -0.05) is 115 Å². The molecule has 0 bridgehead atoms. The molecule has 2 aliphatic heterocycles. The molecule has 8 aromatic carbocycles. The van der Waals surface area contributed by atoms with E-state index < -0.39 is 0 Å². The van der Waals surface area contributed by atoms with E-state index in [0.717, 1.165) is 16.6 Å². The second kappa shape index (κ2) is 8.02. The highest BCUT2D eigenvalue weighted by Gasteiger charge is 2.44. The van der Waals surface area contributed by atoms with Gasteiger partial charge in [-0.25, -0.2) is 0 Å². The van der Waals surface area contributed by atoms with Gasteiger partial charge in [-0.3, -0.25) is 0 Å². The summed E-state index contributed by atoms with van der Waals surface area (Å²) < 4.78 is 12.2. The van der Waals surface area contributed by atoms with E-state index in [0.29, 0.717) is 0 Å². The Morgan fingerprint density at radius 1 is 0.480 bits per heavy atom. The Hall–Kier alpha value is -6.52. The summed E-state index contributed by atoms with van der Waals surface area (Å²) in [5, 5.41) is 10.3. The SMILES string of the molecule is c1ccc2c(c1)-c1cccc3cc4c5c(c13)c1c-2cccc1n5-c1cc2c(oc3ccccc32)c2c1B4n1c3ccccc3c3cccc-2c31. The van der Waals surface area contributed by atoms with Crippen molar-refractivity contribution in [3.63, 3.8) is 0 Å². The first kappa shape index (κ1) is 24.6. The molecule has 0 N–H and O–H groups in total. The van der Waals surface area contributed by atoms with Crippen LogP contribution in [0.4, 0.5) is 0 Å². The van der Waals surface area contributed by atoms with Crippen LogP contribution in [0, 0.1) is 0 Å². The number of benzene rings is 8. The van der Waals surface area contributed by atoms with E-state index >= 15 is 0 Å². The Morgan fingerprint density at radius 2 is 1.16 bits per heavy atom. The zero-order valence-electron chi connectivity index (χ0n) is 26.7. The molecule has 5 heterocycles. The number of aromatic nitrogens is 2. The third-order valence-electron chi connectivity index (χ3n) is 12.2. The number of furan rings is 1. The molecular formula is C46H23BN2O. The van der Waals surface area contributed by atoms with E-state index in [2.05, 4.69) is 149 Å². The summed E-state index contributed by atoms with van der Waals surface area (Å²) >= 11 is 0. The normalized spacial score (nSPS) is 13.6. The minimum Gasteiger partial charge on any atom is -0.455 e. The molecule has 226 valence electrons. The molecule has 0 atom stereocenters. The molecule has 4 heteroatoms. The van der Waals surface area contributed by atoms with E-state index in [-0.39, 0.29) is 6.85 Å². The smallest absolute Gasteiger partial charge is 0.333 e. The van der Waals surface area contributed by atoms with Gasteiger partial charge in [0.15, 0.2) is 0 Å². The van der Waals surface area contributed by atoms with Crippen molar-refractivity contribution in [2.24, 2.45) is 0 Å². The Morgan fingerprint density at radius 3 is 2.06 bits per heavy atom. The highest BCUT2D eigenvalue weighted by atomic mass is 16.3. The average Bonchev–Trinajstić information content (AvgIpc) is 3.80. The Bertz CT molecular complexity index is 3450. The van der Waals surface area contributed by atoms with Gasteiger partial charge < -0.3 is 13.5 Å². The van der Waals surface area contributed by atoms with Crippen LogP contribution in [0.1, 0.15) is 0 Å². The van der Waals surface area contributed by atoms with Crippen LogP contribution in [0.25, 0.3) is 115 Å². The molecule has 50 heavy (non-hydrogen) atoms. The lowest BCUT2D eigenvalue weighted by Crippen LogP contribution is -2.55. The fourth-order valence-corrected chi connectivity index (χ4v) is 10.5. The zero-order chi connectivity index (χ0) is 32.0. The summed E-state index contributed by atoms with van der Waals surface area (Å²) in [6, 6.07) is 52.1. The van der Waals surface area contributed by atoms with Gasteiger partial charge in [0.2, 0.25) is 0 Å². The van der Waals surface area contributed by atoms with Gasteiger partial charge in [-0.05, 0) is 68.2 Å². The lowest BCUT2D eigenvalue weighted by molar-refractivity contribution is 0.670. The van der Waals surface area contributed by atoms with Gasteiger partial charge in [0.1, 0.15) is 11.2 Å². The van der Waals surface area contributed by atoms with E-state index in [9.17, 15) is 0 Å². The molecule has 3 aromatic heterocycles. The molecule has 0 unspecified atom stereocenters. The highest BCUT2D eigenvalue weighted by Crippen LogP contribution is 2.52. The first-order valence-electron chi connectivity index (χ1n) is 17.5. The second-order valence-corrected chi connectivity index (χ2v) is 14.3. The van der Waals surface area contributed by atoms with Crippen LogP contribution in [-0.2, 0) is 0 Å². The molecule has 0 saturated heterocycles. The van der Waals surface area contributed by atoms with Crippen molar-refractivity contribution in [3.8, 4) is 39.1 Å². The van der Waals surface area contributed by atoms with Gasteiger partial charge in [0, 0.05) is 60.2 Å². The van der Waals surface area contributed by atoms with Crippen molar-refractivity contribution >= 4 is 94.1 Å². The van der Waals surface area contributed by atoms with E-state index in [4.69, 9.17) is 4.42 Å². The summed E-state index contributed by atoms with van der Waals surface area (Å²) in [5.41, 5.74) is 18.6. The van der Waals surface area contributed by atoms with Crippen molar-refractivity contribution in [2.45, 2.75) is 0 Å². The molecule has 3 nitrogen and oxygen atoms in total. The Kier molecular flexibility index (Phi) is 3.95. The van der Waals surface area contributed by atoms with Crippen LogP contribution in [0.5, 0.6) is 0 Å². The number of rotatable bonds is 0. The first-order chi connectivity index (χ1) is 24.8. The molecule has 0 spiro atoms. The zero-order valence-corrected chi connectivity index (χ0v) is 26.7. The van der Waals surface area contributed by atoms with Crippen molar-refractivity contribution in [2.75, 3.05) is 0 Å². The Labute approximate surface area is 285 Å². The largest absolute Gasteiger partial charge is 0.455 e. The minimum atomic E-state index is -0.0335. The van der Waals surface area contributed by atoms with E-state index in [1.807, 2.05) is 0 Å². The summed E-state index contributed by atoms with van der Waals surface area (Å²) in [4.78, 5) is 0. The number of hydrogen-bond acceptors (Lipinski definition) is 1.